The molecule has 1 aromatic carbocycles. The molecule has 0 bridgehead atoms. The average molecular weight is 344 g/mol. The van der Waals surface area contributed by atoms with Crippen LogP contribution in [0.25, 0.3) is 10.2 Å². The molecule has 0 spiro atoms. The second kappa shape index (κ2) is 5.00. The van der Waals surface area contributed by atoms with Crippen LogP contribution >= 0.6 is 34.5 Å². The summed E-state index contributed by atoms with van der Waals surface area (Å²) < 4.78 is 15.5. The van der Waals surface area contributed by atoms with Gasteiger partial charge in [0.2, 0.25) is 0 Å². The van der Waals surface area contributed by atoms with E-state index in [0.29, 0.717) is 31.9 Å². The summed E-state index contributed by atoms with van der Waals surface area (Å²) >= 11 is 13.3. The zero-order valence-electron chi connectivity index (χ0n) is 11.0. The minimum absolute atomic E-state index is 0.298. The summed E-state index contributed by atoms with van der Waals surface area (Å²) in [7, 11) is 0. The van der Waals surface area contributed by atoms with Crippen LogP contribution in [0.1, 0.15) is 25.7 Å². The van der Waals surface area contributed by atoms with Crippen molar-refractivity contribution >= 4 is 50.4 Å². The molecule has 0 saturated heterocycles. The summed E-state index contributed by atoms with van der Waals surface area (Å²) in [5.41, 5.74) is 7.00. The molecule has 0 atom stereocenters. The zero-order chi connectivity index (χ0) is 14.6. The highest BCUT2D eigenvalue weighted by atomic mass is 35.5. The van der Waals surface area contributed by atoms with Gasteiger partial charge in [-0.2, -0.15) is 0 Å². The van der Waals surface area contributed by atoms with Crippen molar-refractivity contribution in [3.05, 3.63) is 32.6 Å². The van der Waals surface area contributed by atoms with Gasteiger partial charge in [0.25, 0.3) is 0 Å². The van der Waals surface area contributed by atoms with Gasteiger partial charge in [-0.3, -0.25) is 5.01 Å². The highest BCUT2D eigenvalue weighted by molar-refractivity contribution is 7.22. The molecule has 0 unspecified atom stereocenters. The van der Waals surface area contributed by atoms with Gasteiger partial charge in [0.1, 0.15) is 11.2 Å². The molecule has 0 saturated carbocycles. The van der Waals surface area contributed by atoms with Crippen LogP contribution in [0.5, 0.6) is 0 Å². The van der Waals surface area contributed by atoms with Crippen molar-refractivity contribution in [2.45, 2.75) is 25.7 Å². The summed E-state index contributed by atoms with van der Waals surface area (Å²) in [4.78, 5) is 4.19. The van der Waals surface area contributed by atoms with Crippen LogP contribution in [0.4, 0.5) is 10.1 Å². The van der Waals surface area contributed by atoms with E-state index in [9.17, 15) is 4.39 Å². The van der Waals surface area contributed by atoms with E-state index in [-0.39, 0.29) is 5.82 Å². The maximum absolute atomic E-state index is 14.5. The van der Waals surface area contributed by atoms with Gasteiger partial charge in [0, 0.05) is 5.70 Å². The maximum Gasteiger partial charge on any atom is 0.184 e. The Balaban J connectivity index is 1.81. The van der Waals surface area contributed by atoms with Crippen LogP contribution in [0, 0.1) is 5.82 Å². The normalized spacial score (nSPS) is 18.3. The molecular formula is C14H12Cl2FN3S. The predicted octanol–water partition coefficient (Wildman–Crippen LogP) is 4.89. The van der Waals surface area contributed by atoms with E-state index >= 15 is 0 Å². The fraction of sp³-hybridized carbons (Fsp3) is 0.357. The summed E-state index contributed by atoms with van der Waals surface area (Å²) in [6.45, 7) is 0.707. The number of thiazole rings is 1. The second-order valence-corrected chi connectivity index (χ2v) is 7.31. The molecular weight excluding hydrogens is 332 g/mol. The molecule has 0 radical (unpaired) electrons. The molecule has 4 rings (SSSR count). The Labute approximate surface area is 135 Å². The number of nitrogens with zero attached hydrogens (tertiary/aromatic N) is 2. The Morgan fingerprint density at radius 3 is 2.90 bits per heavy atom. The van der Waals surface area contributed by atoms with Crippen molar-refractivity contribution in [1.29, 1.82) is 0 Å². The molecule has 1 aliphatic carbocycles. The van der Waals surface area contributed by atoms with Crippen LogP contribution in [-0.2, 0) is 0 Å². The molecule has 7 heteroatoms. The van der Waals surface area contributed by atoms with Crippen LogP contribution in [0.15, 0.2) is 17.3 Å². The largest absolute Gasteiger partial charge is 0.302 e. The number of anilines is 1. The van der Waals surface area contributed by atoms with Crippen molar-refractivity contribution in [2.75, 3.05) is 11.6 Å². The number of rotatable bonds is 1. The maximum atomic E-state index is 14.5. The molecule has 0 fully saturated rings. The first kappa shape index (κ1) is 13.6. The van der Waals surface area contributed by atoms with Gasteiger partial charge in [-0.25, -0.2) is 9.37 Å². The number of fused-ring (bicyclic) bond motifs is 1. The molecule has 110 valence electrons. The van der Waals surface area contributed by atoms with E-state index in [4.69, 9.17) is 23.2 Å². The van der Waals surface area contributed by atoms with Gasteiger partial charge in [0.05, 0.1) is 16.3 Å². The lowest BCUT2D eigenvalue weighted by Crippen LogP contribution is -2.32. The van der Waals surface area contributed by atoms with Crippen molar-refractivity contribution in [2.24, 2.45) is 0 Å². The molecule has 3 nitrogen and oxygen atoms in total. The third-order valence-electron chi connectivity index (χ3n) is 3.99. The first-order chi connectivity index (χ1) is 10.1. The fourth-order valence-corrected chi connectivity index (χ4v) is 4.50. The van der Waals surface area contributed by atoms with E-state index < -0.39 is 0 Å². The number of benzene rings is 1. The number of allylic oxidation sites excluding steroid dienone is 1. The van der Waals surface area contributed by atoms with Crippen LogP contribution < -0.4 is 10.4 Å². The monoisotopic (exact) mass is 343 g/mol. The Hall–Kier alpha value is -1.04. The topological polar surface area (TPSA) is 28.2 Å². The number of hydrogen-bond acceptors (Lipinski definition) is 4. The van der Waals surface area contributed by atoms with E-state index in [1.807, 2.05) is 5.01 Å². The predicted molar refractivity (Wildman–Crippen MR) is 85.6 cm³/mol. The minimum atomic E-state index is -0.347. The third kappa shape index (κ3) is 2.18. The zero-order valence-corrected chi connectivity index (χ0v) is 13.4. The quantitative estimate of drug-likeness (QED) is 0.798. The van der Waals surface area contributed by atoms with Gasteiger partial charge in [0.15, 0.2) is 10.3 Å². The van der Waals surface area contributed by atoms with E-state index in [1.54, 1.807) is 0 Å². The highest BCUT2D eigenvalue weighted by Crippen LogP contribution is 2.41. The summed E-state index contributed by atoms with van der Waals surface area (Å²) in [6.07, 6.45) is 4.51. The van der Waals surface area contributed by atoms with Gasteiger partial charge in [-0.05, 0) is 37.3 Å². The molecule has 2 aromatic rings. The first-order valence-electron chi connectivity index (χ1n) is 6.82. The lowest BCUT2D eigenvalue weighted by Gasteiger charge is -2.21. The number of hydrogen-bond donors (Lipinski definition) is 1. The molecule has 1 aliphatic heterocycles. The van der Waals surface area contributed by atoms with Crippen LogP contribution in [0.2, 0.25) is 9.49 Å². The molecule has 21 heavy (non-hydrogen) atoms. The average Bonchev–Trinajstić information content (AvgIpc) is 3.02. The smallest absolute Gasteiger partial charge is 0.184 e. The van der Waals surface area contributed by atoms with E-state index in [0.717, 1.165) is 12.8 Å². The molecule has 2 aliphatic rings. The molecule has 1 N–H and O–H groups in total. The Bertz CT molecular complexity index is 753. The first-order valence-corrected chi connectivity index (χ1v) is 8.40. The summed E-state index contributed by atoms with van der Waals surface area (Å²) in [5, 5.41) is 2.16. The Kier molecular flexibility index (Phi) is 3.24. The molecule has 1 aromatic heterocycles. The number of aromatic nitrogens is 1. The lowest BCUT2D eigenvalue weighted by atomic mass is 9.98. The van der Waals surface area contributed by atoms with Crippen molar-refractivity contribution in [3.63, 3.8) is 0 Å². The fourth-order valence-electron chi connectivity index (χ4n) is 3.03. The van der Waals surface area contributed by atoms with Crippen molar-refractivity contribution in [3.8, 4) is 0 Å². The third-order valence-corrected chi connectivity index (χ3v) is 5.45. The highest BCUT2D eigenvalue weighted by Gasteiger charge is 2.28. The number of nitrogens with one attached hydrogen (secondary N) is 1. The van der Waals surface area contributed by atoms with Crippen molar-refractivity contribution in [1.82, 2.24) is 10.4 Å². The molecule has 0 amide bonds. The van der Waals surface area contributed by atoms with E-state index in [1.165, 1.54) is 41.5 Å². The van der Waals surface area contributed by atoms with Crippen molar-refractivity contribution < 1.29 is 4.39 Å². The van der Waals surface area contributed by atoms with Gasteiger partial charge in [-0.15, -0.1) is 11.3 Å². The Morgan fingerprint density at radius 2 is 2.10 bits per heavy atom. The number of hydrazine groups is 1. The summed E-state index contributed by atoms with van der Waals surface area (Å²) in [6, 6.07) is 1.31. The van der Waals surface area contributed by atoms with Crippen LogP contribution in [-0.4, -0.2) is 11.5 Å². The summed E-state index contributed by atoms with van der Waals surface area (Å²) in [5.74, 6) is -0.347. The second-order valence-electron chi connectivity index (χ2n) is 5.32. The SMILES string of the molecule is Fc1cc(Cl)c2nc(Cl)sc2c1N1CC2=C(CCCC2)N1. The standard InChI is InChI=1S/C14H12Cl2FN3S/c15-8-5-9(17)12(13-11(8)18-14(16)21-13)20-6-7-3-1-2-4-10(7)19-20/h5,19H,1-4,6H2. The lowest BCUT2D eigenvalue weighted by molar-refractivity contribution is 0.615. The Morgan fingerprint density at radius 1 is 1.29 bits per heavy atom. The van der Waals surface area contributed by atoms with E-state index in [2.05, 4.69) is 10.4 Å². The van der Waals surface area contributed by atoms with Gasteiger partial charge < -0.3 is 5.43 Å². The van der Waals surface area contributed by atoms with Crippen LogP contribution in [0.3, 0.4) is 0 Å². The minimum Gasteiger partial charge on any atom is -0.302 e. The molecule has 2 heterocycles. The number of halogens is 3. The van der Waals surface area contributed by atoms with Gasteiger partial charge >= 0.3 is 0 Å². The van der Waals surface area contributed by atoms with Gasteiger partial charge in [-0.1, -0.05) is 23.2 Å².